The molecule has 0 N–H and O–H groups in total. The first-order valence-electron chi connectivity index (χ1n) is 9.38. The van der Waals surface area contributed by atoms with Crippen LogP contribution in [0.5, 0.6) is 0 Å². The van der Waals surface area contributed by atoms with E-state index in [9.17, 15) is 0 Å². The monoisotopic (exact) mass is 330 g/mol. The molecule has 1 saturated heterocycles. The van der Waals surface area contributed by atoms with E-state index in [0.29, 0.717) is 6.17 Å². The van der Waals surface area contributed by atoms with Crippen molar-refractivity contribution in [3.63, 3.8) is 0 Å². The Balaban J connectivity index is 0.00000441. The summed E-state index contributed by atoms with van der Waals surface area (Å²) in [5.41, 5.74) is 0. The summed E-state index contributed by atoms with van der Waals surface area (Å²) in [6, 6.07) is 0. The van der Waals surface area contributed by atoms with Gasteiger partial charge in [-0.05, 0) is 19.9 Å². The average Bonchev–Trinajstić information content (AvgIpc) is 2.83. The molecule has 1 heterocycles. The zero-order valence-corrected chi connectivity index (χ0v) is 15.9. The highest BCUT2D eigenvalue weighted by Crippen LogP contribution is 2.16. The Morgan fingerprint density at radius 2 is 1.36 bits per heavy atom. The maximum atomic E-state index is 3.85. The minimum Gasteiger partial charge on any atom is -0.287 e. The molecule has 1 unspecified atom stereocenters. The van der Waals surface area contributed by atoms with Gasteiger partial charge in [-0.1, -0.05) is 70.8 Å². The fraction of sp³-hybridized carbons (Fsp3) is 0.895. The van der Waals surface area contributed by atoms with Crippen molar-refractivity contribution in [1.82, 2.24) is 9.80 Å². The Morgan fingerprint density at radius 1 is 0.864 bits per heavy atom. The summed E-state index contributed by atoms with van der Waals surface area (Å²) in [6.07, 6.45) is 16.9. The van der Waals surface area contributed by atoms with Gasteiger partial charge < -0.3 is 0 Å². The molecule has 0 radical (unpaired) electrons. The normalized spacial score (nSPS) is 19.3. The number of hydrogen-bond acceptors (Lipinski definition) is 2. The zero-order valence-electron chi connectivity index (χ0n) is 15.1. The van der Waals surface area contributed by atoms with Crippen LogP contribution in [-0.2, 0) is 0 Å². The maximum Gasteiger partial charge on any atom is 0.0597 e. The minimum atomic E-state index is 0. The van der Waals surface area contributed by atoms with Gasteiger partial charge in [-0.15, -0.1) is 19.0 Å². The first kappa shape index (κ1) is 21.9. The van der Waals surface area contributed by atoms with Crippen molar-refractivity contribution in [2.24, 2.45) is 0 Å². The van der Waals surface area contributed by atoms with Gasteiger partial charge in [0.25, 0.3) is 0 Å². The van der Waals surface area contributed by atoms with Crippen molar-refractivity contribution >= 4 is 12.4 Å². The molecule has 1 rings (SSSR count). The molecule has 0 aliphatic carbocycles. The molecule has 2 nitrogen and oxygen atoms in total. The Bertz CT molecular complexity index is 258. The number of unbranched alkanes of at least 4 members (excludes halogenated alkanes) is 9. The quantitative estimate of drug-likeness (QED) is 0.326. The highest BCUT2D eigenvalue weighted by Gasteiger charge is 2.26. The van der Waals surface area contributed by atoms with Gasteiger partial charge in [0, 0.05) is 19.6 Å². The Labute approximate surface area is 145 Å². The van der Waals surface area contributed by atoms with Crippen molar-refractivity contribution in [2.75, 3.05) is 26.2 Å². The molecular formula is C19H39ClN2. The lowest BCUT2D eigenvalue weighted by atomic mass is 10.1. The van der Waals surface area contributed by atoms with Crippen LogP contribution in [-0.4, -0.2) is 42.1 Å². The van der Waals surface area contributed by atoms with Crippen LogP contribution >= 0.6 is 12.4 Å². The predicted octanol–water partition coefficient (Wildman–Crippen LogP) is 5.48. The van der Waals surface area contributed by atoms with Crippen LogP contribution in [0.2, 0.25) is 0 Å². The average molecular weight is 331 g/mol. The van der Waals surface area contributed by atoms with Crippen LogP contribution < -0.4 is 0 Å². The number of halogens is 1. The first-order chi connectivity index (χ1) is 10.3. The van der Waals surface area contributed by atoms with Crippen molar-refractivity contribution in [1.29, 1.82) is 0 Å². The molecule has 0 bridgehead atoms. The van der Waals surface area contributed by atoms with Crippen molar-refractivity contribution in [3.05, 3.63) is 12.7 Å². The van der Waals surface area contributed by atoms with E-state index in [4.69, 9.17) is 0 Å². The third-order valence-electron chi connectivity index (χ3n) is 4.89. The second-order valence-corrected chi connectivity index (χ2v) is 6.63. The molecule has 0 saturated carbocycles. The summed E-state index contributed by atoms with van der Waals surface area (Å²) in [7, 11) is 0. The summed E-state index contributed by atoms with van der Waals surface area (Å²) in [5, 5.41) is 0. The van der Waals surface area contributed by atoms with Gasteiger partial charge in [-0.3, -0.25) is 9.80 Å². The van der Waals surface area contributed by atoms with Gasteiger partial charge >= 0.3 is 0 Å². The largest absolute Gasteiger partial charge is 0.287 e. The van der Waals surface area contributed by atoms with Gasteiger partial charge in [-0.2, -0.15) is 0 Å². The third kappa shape index (κ3) is 9.17. The zero-order chi connectivity index (χ0) is 15.3. The standard InChI is InChI=1S/C19H38N2.ClH/c1-4-6-7-8-9-10-11-12-13-14-16-21-18-17-20(15-5-2)19(21)3;/h5,19H,2,4,6-18H2,1,3H3;1H. The summed E-state index contributed by atoms with van der Waals surface area (Å²) in [6.45, 7) is 13.3. The van der Waals surface area contributed by atoms with E-state index in [1.807, 2.05) is 6.08 Å². The second-order valence-electron chi connectivity index (χ2n) is 6.63. The van der Waals surface area contributed by atoms with Gasteiger partial charge in [0.2, 0.25) is 0 Å². The number of nitrogens with zero attached hydrogens (tertiary/aromatic N) is 2. The van der Waals surface area contributed by atoms with E-state index in [1.54, 1.807) is 0 Å². The molecule has 1 atom stereocenters. The molecular weight excluding hydrogens is 292 g/mol. The van der Waals surface area contributed by atoms with E-state index in [-0.39, 0.29) is 12.4 Å². The summed E-state index contributed by atoms with van der Waals surface area (Å²) >= 11 is 0. The van der Waals surface area contributed by atoms with E-state index < -0.39 is 0 Å². The van der Waals surface area contributed by atoms with Crippen LogP contribution in [0.1, 0.15) is 78.1 Å². The Kier molecular flexibility index (Phi) is 14.5. The lowest BCUT2D eigenvalue weighted by molar-refractivity contribution is 0.162. The summed E-state index contributed by atoms with van der Waals surface area (Å²) in [4.78, 5) is 5.15. The van der Waals surface area contributed by atoms with Crippen LogP contribution in [0.4, 0.5) is 0 Å². The Hall–Kier alpha value is -0.0500. The topological polar surface area (TPSA) is 6.48 Å². The van der Waals surface area contributed by atoms with Gasteiger partial charge in [0.15, 0.2) is 0 Å². The molecule has 1 fully saturated rings. The fourth-order valence-corrected chi connectivity index (χ4v) is 3.37. The second kappa shape index (κ2) is 14.5. The fourth-order valence-electron chi connectivity index (χ4n) is 3.37. The molecule has 1 aliphatic rings. The minimum absolute atomic E-state index is 0. The molecule has 0 aromatic heterocycles. The Morgan fingerprint density at radius 3 is 1.91 bits per heavy atom. The molecule has 22 heavy (non-hydrogen) atoms. The van der Waals surface area contributed by atoms with E-state index in [2.05, 4.69) is 30.2 Å². The number of rotatable bonds is 13. The smallest absolute Gasteiger partial charge is 0.0597 e. The van der Waals surface area contributed by atoms with Gasteiger partial charge in [-0.25, -0.2) is 0 Å². The van der Waals surface area contributed by atoms with Crippen molar-refractivity contribution < 1.29 is 0 Å². The SMILES string of the molecule is C=CCN1CCN(CCCCCCCCCCCC)C1C.Cl. The van der Waals surface area contributed by atoms with Crippen LogP contribution in [0.15, 0.2) is 12.7 Å². The lowest BCUT2D eigenvalue weighted by Crippen LogP contribution is -2.36. The lowest BCUT2D eigenvalue weighted by Gasteiger charge is -2.26. The number of hydrogen-bond donors (Lipinski definition) is 0. The van der Waals surface area contributed by atoms with Crippen molar-refractivity contribution in [3.8, 4) is 0 Å². The molecule has 0 spiro atoms. The molecule has 3 heteroatoms. The predicted molar refractivity (Wildman–Crippen MR) is 102 cm³/mol. The van der Waals surface area contributed by atoms with Crippen LogP contribution in [0.3, 0.4) is 0 Å². The van der Waals surface area contributed by atoms with E-state index >= 15 is 0 Å². The maximum absolute atomic E-state index is 3.85. The third-order valence-corrected chi connectivity index (χ3v) is 4.89. The molecule has 0 aromatic rings. The van der Waals surface area contributed by atoms with E-state index in [1.165, 1.54) is 83.8 Å². The highest BCUT2D eigenvalue weighted by atomic mass is 35.5. The molecule has 0 aromatic carbocycles. The van der Waals surface area contributed by atoms with Crippen LogP contribution in [0, 0.1) is 0 Å². The molecule has 0 amide bonds. The highest BCUT2D eigenvalue weighted by molar-refractivity contribution is 5.85. The van der Waals surface area contributed by atoms with E-state index in [0.717, 1.165) is 6.54 Å². The molecule has 132 valence electrons. The van der Waals surface area contributed by atoms with Crippen molar-refractivity contribution in [2.45, 2.75) is 84.2 Å². The molecule has 1 aliphatic heterocycles. The van der Waals surface area contributed by atoms with Gasteiger partial charge in [0.1, 0.15) is 0 Å². The van der Waals surface area contributed by atoms with Crippen LogP contribution in [0.25, 0.3) is 0 Å². The van der Waals surface area contributed by atoms with Gasteiger partial charge in [0.05, 0.1) is 6.17 Å². The summed E-state index contributed by atoms with van der Waals surface area (Å²) < 4.78 is 0. The summed E-state index contributed by atoms with van der Waals surface area (Å²) in [5.74, 6) is 0. The first-order valence-corrected chi connectivity index (χ1v) is 9.38.